The fourth-order valence-corrected chi connectivity index (χ4v) is 2.11. The summed E-state index contributed by atoms with van der Waals surface area (Å²) in [4.78, 5) is 14.2. The van der Waals surface area contributed by atoms with Crippen molar-refractivity contribution >= 4 is 17.2 Å². The fourth-order valence-electron chi connectivity index (χ4n) is 1.97. The summed E-state index contributed by atoms with van der Waals surface area (Å²) in [6.45, 7) is 3.65. The van der Waals surface area contributed by atoms with Gasteiger partial charge in [0, 0.05) is 38.4 Å². The molecule has 0 saturated carbocycles. The zero-order chi connectivity index (χ0) is 13.0. The van der Waals surface area contributed by atoms with E-state index in [-0.39, 0.29) is 11.7 Å². The van der Waals surface area contributed by atoms with Crippen LogP contribution in [0.15, 0.2) is 29.2 Å². The number of hydrogen-bond donors (Lipinski definition) is 1. The maximum absolute atomic E-state index is 11.5. The van der Waals surface area contributed by atoms with Gasteiger partial charge in [0.2, 0.25) is 0 Å². The highest BCUT2D eigenvalue weighted by atomic mass is 32.1. The van der Waals surface area contributed by atoms with Crippen molar-refractivity contribution in [2.75, 3.05) is 26.2 Å². The lowest BCUT2D eigenvalue weighted by Gasteiger charge is -2.32. The van der Waals surface area contributed by atoms with Crippen LogP contribution in [0, 0.1) is 0 Å². The Labute approximate surface area is 111 Å². The molecule has 1 unspecified atom stereocenters. The van der Waals surface area contributed by atoms with Crippen LogP contribution in [-0.2, 0) is 11.3 Å². The number of aromatic nitrogens is 1. The zero-order valence-electron chi connectivity index (χ0n) is 10.1. The third kappa shape index (κ3) is 3.38. The standard InChI is InChI=1S/C12H17N3O2S/c13-12(18)10-9-14(7-8-17-10)5-6-15-4-2-1-3-11(15)16/h1-4,10H,5-9H2,(H2,13,18). The normalized spacial score (nSPS) is 20.8. The van der Waals surface area contributed by atoms with Gasteiger partial charge in [-0.1, -0.05) is 18.3 Å². The molecule has 1 aliphatic heterocycles. The molecule has 2 heterocycles. The largest absolute Gasteiger partial charge is 0.391 e. The second-order valence-corrected chi connectivity index (χ2v) is 4.77. The first-order valence-electron chi connectivity index (χ1n) is 5.95. The van der Waals surface area contributed by atoms with Crippen LogP contribution in [-0.4, -0.2) is 46.8 Å². The summed E-state index contributed by atoms with van der Waals surface area (Å²) in [5.74, 6) is 0. The highest BCUT2D eigenvalue weighted by molar-refractivity contribution is 7.80. The van der Waals surface area contributed by atoms with Crippen molar-refractivity contribution in [3.05, 3.63) is 34.7 Å². The number of hydrogen-bond acceptors (Lipinski definition) is 4. The molecule has 0 aliphatic carbocycles. The minimum Gasteiger partial charge on any atom is -0.391 e. The van der Waals surface area contributed by atoms with Gasteiger partial charge in [-0.25, -0.2) is 0 Å². The molecular weight excluding hydrogens is 250 g/mol. The maximum atomic E-state index is 11.5. The first kappa shape index (κ1) is 13.2. The van der Waals surface area contributed by atoms with Crippen LogP contribution in [0.1, 0.15) is 0 Å². The Morgan fingerprint density at radius 3 is 3.06 bits per heavy atom. The molecule has 0 aromatic carbocycles. The van der Waals surface area contributed by atoms with E-state index in [1.165, 1.54) is 0 Å². The topological polar surface area (TPSA) is 60.5 Å². The van der Waals surface area contributed by atoms with Crippen molar-refractivity contribution in [1.82, 2.24) is 9.47 Å². The Morgan fingerprint density at radius 1 is 1.50 bits per heavy atom. The smallest absolute Gasteiger partial charge is 0.250 e. The van der Waals surface area contributed by atoms with Gasteiger partial charge in [-0.05, 0) is 6.07 Å². The van der Waals surface area contributed by atoms with Crippen LogP contribution in [0.3, 0.4) is 0 Å². The molecule has 0 spiro atoms. The average Bonchev–Trinajstić information content (AvgIpc) is 2.38. The van der Waals surface area contributed by atoms with E-state index in [2.05, 4.69) is 4.90 Å². The quantitative estimate of drug-likeness (QED) is 0.768. The predicted octanol–water partition coefficient (Wildman–Crippen LogP) is -0.165. The van der Waals surface area contributed by atoms with E-state index >= 15 is 0 Å². The van der Waals surface area contributed by atoms with Crippen LogP contribution in [0.5, 0.6) is 0 Å². The van der Waals surface area contributed by atoms with Gasteiger partial charge < -0.3 is 15.0 Å². The molecule has 0 radical (unpaired) electrons. The lowest BCUT2D eigenvalue weighted by atomic mass is 10.2. The molecule has 0 amide bonds. The summed E-state index contributed by atoms with van der Waals surface area (Å²) < 4.78 is 7.17. The second kappa shape index (κ2) is 6.08. The SMILES string of the molecule is NC(=S)C1CN(CCn2ccccc2=O)CCO1. The highest BCUT2D eigenvalue weighted by Crippen LogP contribution is 2.05. The fraction of sp³-hybridized carbons (Fsp3) is 0.500. The van der Waals surface area contributed by atoms with Gasteiger partial charge in [0.05, 0.1) is 6.61 Å². The number of pyridine rings is 1. The van der Waals surface area contributed by atoms with Crippen molar-refractivity contribution in [2.45, 2.75) is 12.6 Å². The monoisotopic (exact) mass is 267 g/mol. The average molecular weight is 267 g/mol. The van der Waals surface area contributed by atoms with E-state index in [0.29, 0.717) is 24.7 Å². The molecule has 1 saturated heterocycles. The van der Waals surface area contributed by atoms with E-state index in [1.54, 1.807) is 22.9 Å². The van der Waals surface area contributed by atoms with Gasteiger partial charge in [-0.2, -0.15) is 0 Å². The summed E-state index contributed by atoms with van der Waals surface area (Å²) in [5.41, 5.74) is 5.61. The molecule has 6 heteroatoms. The van der Waals surface area contributed by atoms with E-state index < -0.39 is 0 Å². The van der Waals surface area contributed by atoms with E-state index in [0.717, 1.165) is 13.1 Å². The molecule has 1 fully saturated rings. The third-order valence-corrected chi connectivity index (χ3v) is 3.29. The van der Waals surface area contributed by atoms with Gasteiger partial charge in [-0.15, -0.1) is 0 Å². The number of thiocarbonyl (C=S) groups is 1. The molecule has 0 bridgehead atoms. The molecular formula is C12H17N3O2S. The van der Waals surface area contributed by atoms with Crippen molar-refractivity contribution < 1.29 is 4.74 Å². The second-order valence-electron chi connectivity index (χ2n) is 4.29. The number of nitrogens with two attached hydrogens (primary N) is 1. The third-order valence-electron chi connectivity index (χ3n) is 3.02. The molecule has 1 aromatic heterocycles. The molecule has 5 nitrogen and oxygen atoms in total. The number of morpholine rings is 1. The summed E-state index contributed by atoms with van der Waals surface area (Å²) in [6.07, 6.45) is 1.63. The van der Waals surface area contributed by atoms with Crippen LogP contribution < -0.4 is 11.3 Å². The molecule has 1 aromatic rings. The summed E-state index contributed by atoms with van der Waals surface area (Å²) in [5, 5.41) is 0. The lowest BCUT2D eigenvalue weighted by Crippen LogP contribution is -2.48. The molecule has 2 rings (SSSR count). The van der Waals surface area contributed by atoms with E-state index in [9.17, 15) is 4.79 Å². The Kier molecular flexibility index (Phi) is 4.46. The van der Waals surface area contributed by atoms with Crippen LogP contribution in [0.25, 0.3) is 0 Å². The minimum absolute atomic E-state index is 0.0247. The Hall–Kier alpha value is -1.24. The van der Waals surface area contributed by atoms with Crippen LogP contribution in [0.4, 0.5) is 0 Å². The van der Waals surface area contributed by atoms with Gasteiger partial charge in [0.15, 0.2) is 0 Å². The van der Waals surface area contributed by atoms with Gasteiger partial charge in [0.25, 0.3) is 5.56 Å². The Morgan fingerprint density at radius 2 is 2.33 bits per heavy atom. The van der Waals surface area contributed by atoms with E-state index in [1.807, 2.05) is 6.07 Å². The summed E-state index contributed by atoms with van der Waals surface area (Å²) in [6, 6.07) is 5.17. The summed E-state index contributed by atoms with van der Waals surface area (Å²) in [7, 11) is 0. The predicted molar refractivity (Wildman–Crippen MR) is 73.7 cm³/mol. The van der Waals surface area contributed by atoms with Crippen LogP contribution >= 0.6 is 12.2 Å². The maximum Gasteiger partial charge on any atom is 0.250 e. The molecule has 1 atom stereocenters. The van der Waals surface area contributed by atoms with Gasteiger partial charge in [-0.3, -0.25) is 9.69 Å². The first-order chi connectivity index (χ1) is 8.66. The van der Waals surface area contributed by atoms with Crippen molar-refractivity contribution in [2.24, 2.45) is 5.73 Å². The van der Waals surface area contributed by atoms with Gasteiger partial charge >= 0.3 is 0 Å². The molecule has 18 heavy (non-hydrogen) atoms. The zero-order valence-corrected chi connectivity index (χ0v) is 10.9. The van der Waals surface area contributed by atoms with Crippen molar-refractivity contribution in [1.29, 1.82) is 0 Å². The van der Waals surface area contributed by atoms with Gasteiger partial charge in [0.1, 0.15) is 11.1 Å². The number of ether oxygens (including phenoxy) is 1. The summed E-state index contributed by atoms with van der Waals surface area (Å²) >= 11 is 4.94. The van der Waals surface area contributed by atoms with Crippen molar-refractivity contribution in [3.63, 3.8) is 0 Å². The Balaban J connectivity index is 1.89. The molecule has 98 valence electrons. The number of rotatable bonds is 4. The molecule has 2 N–H and O–H groups in total. The molecule has 1 aliphatic rings. The minimum atomic E-state index is -0.166. The van der Waals surface area contributed by atoms with E-state index in [4.69, 9.17) is 22.7 Å². The Bertz CT molecular complexity index is 474. The first-order valence-corrected chi connectivity index (χ1v) is 6.36. The number of nitrogens with zero attached hydrogens (tertiary/aromatic N) is 2. The van der Waals surface area contributed by atoms with Crippen LogP contribution in [0.2, 0.25) is 0 Å². The lowest BCUT2D eigenvalue weighted by molar-refractivity contribution is 0.00598. The highest BCUT2D eigenvalue weighted by Gasteiger charge is 2.21. The van der Waals surface area contributed by atoms with Crippen molar-refractivity contribution in [3.8, 4) is 0 Å².